The van der Waals surface area contributed by atoms with E-state index in [2.05, 4.69) is 168 Å². The third-order valence-corrected chi connectivity index (χ3v) is 14.6. The number of fused-ring (bicyclic) bond motifs is 7. The summed E-state index contributed by atoms with van der Waals surface area (Å²) in [5, 5.41) is 4.79. The fourth-order valence-corrected chi connectivity index (χ4v) is 12.0. The minimum atomic E-state index is -3.23. The molecule has 1 atom stereocenters. The van der Waals surface area contributed by atoms with E-state index >= 15 is 4.57 Å². The number of pyridine rings is 1. The maximum Gasteiger partial charge on any atom is 0.172 e. The van der Waals surface area contributed by atoms with E-state index in [-0.39, 0.29) is 0 Å². The van der Waals surface area contributed by atoms with Gasteiger partial charge in [0.05, 0.1) is 28.1 Å². The molecular weight excluding hydrogens is 712 g/mol. The largest absolute Gasteiger partial charge is 0.309 e. The quantitative estimate of drug-likeness (QED) is 0.159. The lowest BCUT2D eigenvalue weighted by Crippen LogP contribution is -2.21. The fourth-order valence-electron chi connectivity index (χ4n) is 8.74. The van der Waals surface area contributed by atoms with Gasteiger partial charge in [0.15, 0.2) is 7.14 Å². The lowest BCUT2D eigenvalue weighted by atomic mass is 10.0. The molecule has 1 aliphatic rings. The molecule has 0 saturated carbocycles. The average Bonchev–Trinajstić information content (AvgIpc) is 3.77. The van der Waals surface area contributed by atoms with Crippen molar-refractivity contribution in [2.75, 3.05) is 0 Å². The number of nitrogens with zero attached hydrogens (tertiary/aromatic N) is 2. The topological polar surface area (TPSA) is 34.9 Å². The SMILES string of the molecule is O=P1(c2ccccc2)c2ccccc2-c2ccc3c(c21)c1ccccc1n3-c1cc(-c2ccc(-c3ccccc3)cc2)nc(-c2ccc(-c3ccccc3)cc2)c1. The highest BCUT2D eigenvalue weighted by Gasteiger charge is 2.42. The Labute approximate surface area is 331 Å². The summed E-state index contributed by atoms with van der Waals surface area (Å²) in [4.78, 5) is 5.34. The van der Waals surface area contributed by atoms with Gasteiger partial charge in [-0.15, -0.1) is 0 Å². The van der Waals surface area contributed by atoms with Crippen LogP contribution in [-0.4, -0.2) is 9.55 Å². The van der Waals surface area contributed by atoms with E-state index in [1.54, 1.807) is 0 Å². The number of para-hydroxylation sites is 1. The van der Waals surface area contributed by atoms with Crippen molar-refractivity contribution in [1.82, 2.24) is 9.55 Å². The zero-order valence-electron chi connectivity index (χ0n) is 31.0. The summed E-state index contributed by atoms with van der Waals surface area (Å²) in [5.41, 5.74) is 13.6. The van der Waals surface area contributed by atoms with E-state index in [1.165, 1.54) is 11.1 Å². The molecule has 8 aromatic carbocycles. The molecule has 0 amide bonds. The molecular formula is C53H35N2OP. The van der Waals surface area contributed by atoms with Crippen molar-refractivity contribution in [3.05, 3.63) is 212 Å². The van der Waals surface area contributed by atoms with Crippen LogP contribution in [0.1, 0.15) is 0 Å². The third kappa shape index (κ3) is 5.35. The van der Waals surface area contributed by atoms with Gasteiger partial charge in [-0.1, -0.05) is 188 Å². The van der Waals surface area contributed by atoms with Crippen molar-refractivity contribution in [2.24, 2.45) is 0 Å². The van der Waals surface area contributed by atoms with Gasteiger partial charge in [-0.3, -0.25) is 0 Å². The Balaban J connectivity index is 1.15. The van der Waals surface area contributed by atoms with Crippen molar-refractivity contribution in [2.45, 2.75) is 0 Å². The molecule has 0 saturated heterocycles. The van der Waals surface area contributed by atoms with Gasteiger partial charge in [0.1, 0.15) is 0 Å². The van der Waals surface area contributed by atoms with Crippen LogP contribution in [0.15, 0.2) is 212 Å². The Morgan fingerprint density at radius 1 is 0.404 bits per heavy atom. The molecule has 10 aromatic rings. The molecule has 0 aliphatic carbocycles. The summed E-state index contributed by atoms with van der Waals surface area (Å²) in [5.74, 6) is 0. The molecule has 0 bridgehead atoms. The summed E-state index contributed by atoms with van der Waals surface area (Å²) in [6.45, 7) is 0. The van der Waals surface area contributed by atoms with Gasteiger partial charge in [0.25, 0.3) is 0 Å². The Morgan fingerprint density at radius 3 is 1.51 bits per heavy atom. The van der Waals surface area contributed by atoms with Crippen LogP contribution in [-0.2, 0) is 4.57 Å². The minimum absolute atomic E-state index is 0.854. The van der Waals surface area contributed by atoms with Crippen LogP contribution < -0.4 is 15.9 Å². The smallest absolute Gasteiger partial charge is 0.172 e. The van der Waals surface area contributed by atoms with Crippen LogP contribution in [0.25, 0.3) is 83.4 Å². The summed E-state index contributed by atoms with van der Waals surface area (Å²) in [6.07, 6.45) is 0. The molecule has 4 heteroatoms. The van der Waals surface area contributed by atoms with Gasteiger partial charge in [0.2, 0.25) is 0 Å². The molecule has 0 fully saturated rings. The zero-order chi connectivity index (χ0) is 37.9. The second-order valence-corrected chi connectivity index (χ2v) is 17.3. The molecule has 0 N–H and O–H groups in total. The van der Waals surface area contributed by atoms with Gasteiger partial charge in [-0.2, -0.15) is 0 Å². The summed E-state index contributed by atoms with van der Waals surface area (Å²) in [6, 6.07) is 73.9. The van der Waals surface area contributed by atoms with Crippen molar-refractivity contribution < 1.29 is 4.57 Å². The van der Waals surface area contributed by atoms with Crippen LogP contribution in [0, 0.1) is 0 Å². The van der Waals surface area contributed by atoms with E-state index in [0.29, 0.717) is 0 Å². The molecule has 1 aliphatic heterocycles. The summed E-state index contributed by atoms with van der Waals surface area (Å²) >= 11 is 0. The molecule has 3 heterocycles. The van der Waals surface area contributed by atoms with Gasteiger partial charge >= 0.3 is 0 Å². The molecule has 2 aromatic heterocycles. The van der Waals surface area contributed by atoms with Crippen LogP contribution in [0.5, 0.6) is 0 Å². The highest BCUT2D eigenvalue weighted by Crippen LogP contribution is 2.55. The van der Waals surface area contributed by atoms with Crippen LogP contribution in [0.2, 0.25) is 0 Å². The van der Waals surface area contributed by atoms with E-state index in [0.717, 1.165) is 88.2 Å². The zero-order valence-corrected chi connectivity index (χ0v) is 31.9. The second kappa shape index (κ2) is 13.3. The molecule has 57 heavy (non-hydrogen) atoms. The highest BCUT2D eigenvalue weighted by molar-refractivity contribution is 7.86. The first-order valence-electron chi connectivity index (χ1n) is 19.3. The van der Waals surface area contributed by atoms with Gasteiger partial charge < -0.3 is 9.13 Å². The fraction of sp³-hybridized carbons (Fsp3) is 0. The third-order valence-electron chi connectivity index (χ3n) is 11.4. The van der Waals surface area contributed by atoms with E-state index in [4.69, 9.17) is 4.98 Å². The minimum Gasteiger partial charge on any atom is -0.309 e. The predicted octanol–water partition coefficient (Wildman–Crippen LogP) is 12.5. The molecule has 0 spiro atoms. The highest BCUT2D eigenvalue weighted by atomic mass is 31.2. The van der Waals surface area contributed by atoms with E-state index in [9.17, 15) is 0 Å². The first kappa shape index (κ1) is 33.3. The van der Waals surface area contributed by atoms with Crippen molar-refractivity contribution in [3.8, 4) is 61.6 Å². The first-order chi connectivity index (χ1) is 28.1. The molecule has 3 nitrogen and oxygen atoms in total. The average molecular weight is 747 g/mol. The van der Waals surface area contributed by atoms with Gasteiger partial charge in [0, 0.05) is 37.8 Å². The van der Waals surface area contributed by atoms with Crippen molar-refractivity contribution in [1.29, 1.82) is 0 Å². The molecule has 0 radical (unpaired) electrons. The molecule has 11 rings (SSSR count). The first-order valence-corrected chi connectivity index (χ1v) is 21.0. The van der Waals surface area contributed by atoms with Crippen molar-refractivity contribution in [3.63, 3.8) is 0 Å². The number of rotatable bonds is 6. The van der Waals surface area contributed by atoms with E-state index < -0.39 is 7.14 Å². The Kier molecular flexibility index (Phi) is 7.77. The second-order valence-electron chi connectivity index (χ2n) is 14.7. The Bertz CT molecular complexity index is 3070. The summed E-state index contributed by atoms with van der Waals surface area (Å²) < 4.78 is 18.3. The summed E-state index contributed by atoms with van der Waals surface area (Å²) in [7, 11) is -3.23. The van der Waals surface area contributed by atoms with Gasteiger partial charge in [-0.25, -0.2) is 4.98 Å². The monoisotopic (exact) mass is 746 g/mol. The van der Waals surface area contributed by atoms with Crippen molar-refractivity contribution >= 4 is 44.9 Å². The number of benzene rings is 8. The van der Waals surface area contributed by atoms with Gasteiger partial charge in [-0.05, 0) is 57.6 Å². The Morgan fingerprint density at radius 2 is 0.895 bits per heavy atom. The Hall–Kier alpha value is -7.06. The normalized spacial score (nSPS) is 14.5. The lowest BCUT2D eigenvalue weighted by molar-refractivity contribution is 0.593. The maximum absolute atomic E-state index is 16.0. The molecule has 1 unspecified atom stereocenters. The molecule has 268 valence electrons. The van der Waals surface area contributed by atoms with Crippen LogP contribution in [0.4, 0.5) is 0 Å². The van der Waals surface area contributed by atoms with Crippen LogP contribution >= 0.6 is 7.14 Å². The predicted molar refractivity (Wildman–Crippen MR) is 239 cm³/mol. The lowest BCUT2D eigenvalue weighted by Gasteiger charge is -2.17. The van der Waals surface area contributed by atoms with E-state index in [1.807, 2.05) is 48.5 Å². The number of aromatic nitrogens is 2. The van der Waals surface area contributed by atoms with Crippen LogP contribution in [0.3, 0.4) is 0 Å². The maximum atomic E-state index is 16.0. The number of hydrogen-bond acceptors (Lipinski definition) is 2. The standard InChI is InChI=1S/C53H35N2OP/c56-57(43-18-8-3-9-19-43)51-23-13-11-20-44(51)45-32-33-50-52(53(45)57)46-21-10-12-22-49(46)55(50)42-34-47(40-28-24-38(25-29-40)36-14-4-1-5-15-36)54-48(35-42)41-30-26-39(27-31-41)37-16-6-2-7-17-37/h1-35H. The number of hydrogen-bond donors (Lipinski definition) is 0.